The van der Waals surface area contributed by atoms with Gasteiger partial charge < -0.3 is 4.57 Å². The van der Waals surface area contributed by atoms with E-state index in [-0.39, 0.29) is 5.43 Å². The molecule has 0 spiro atoms. The van der Waals surface area contributed by atoms with Crippen molar-refractivity contribution in [3.63, 3.8) is 0 Å². The van der Waals surface area contributed by atoms with Crippen molar-refractivity contribution in [2.75, 3.05) is 0 Å². The molecule has 1 heterocycles. The van der Waals surface area contributed by atoms with Gasteiger partial charge in [0.2, 0.25) is 0 Å². The van der Waals surface area contributed by atoms with Gasteiger partial charge in [0.25, 0.3) is 0 Å². The van der Waals surface area contributed by atoms with Crippen LogP contribution in [0.4, 0.5) is 0 Å². The van der Waals surface area contributed by atoms with Crippen molar-refractivity contribution in [1.29, 1.82) is 0 Å². The highest BCUT2D eigenvalue weighted by Crippen LogP contribution is 2.38. The third kappa shape index (κ3) is 6.87. The number of aromatic nitrogens is 1. The number of nitrogens with zero attached hydrogens (tertiary/aromatic N) is 1. The van der Waals surface area contributed by atoms with Gasteiger partial charge in [-0.15, -0.1) is 0 Å². The normalized spacial score (nSPS) is 14.2. The number of pyridine rings is 1. The van der Waals surface area contributed by atoms with Crippen LogP contribution >= 0.6 is 0 Å². The third-order valence-corrected chi connectivity index (χ3v) is 6.16. The Labute approximate surface area is 177 Å². The average Bonchev–Trinajstić information content (AvgIpc) is 3.57. The lowest BCUT2D eigenvalue weighted by Crippen LogP contribution is -2.11. The molecular weight excluding hydrogens is 354 g/mol. The van der Waals surface area contributed by atoms with Gasteiger partial charge in [0, 0.05) is 23.2 Å². The largest absolute Gasteiger partial charge is 0.338 e. The molecule has 0 N–H and O–H groups in total. The summed E-state index contributed by atoms with van der Waals surface area (Å²) in [6.45, 7) is 2.28. The summed E-state index contributed by atoms with van der Waals surface area (Å²) in [5.74, 6) is 0. The first-order valence-corrected chi connectivity index (χ1v) is 12.1. The Morgan fingerprint density at radius 3 is 2.17 bits per heavy atom. The molecule has 1 aliphatic carbocycles. The zero-order valence-corrected chi connectivity index (χ0v) is 18.4. The number of para-hydroxylation sites is 1. The van der Waals surface area contributed by atoms with Crippen molar-refractivity contribution < 1.29 is 0 Å². The second kappa shape index (κ2) is 12.0. The summed E-state index contributed by atoms with van der Waals surface area (Å²) in [7, 11) is 0. The zero-order valence-electron chi connectivity index (χ0n) is 18.4. The highest BCUT2D eigenvalue weighted by molar-refractivity contribution is 5.80. The number of benzene rings is 1. The second-order valence-corrected chi connectivity index (χ2v) is 8.78. The number of allylic oxidation sites excluding steroid dienone is 1. The van der Waals surface area contributed by atoms with Gasteiger partial charge in [-0.25, -0.2) is 0 Å². The second-order valence-electron chi connectivity index (χ2n) is 8.78. The first-order valence-electron chi connectivity index (χ1n) is 12.1. The van der Waals surface area contributed by atoms with Gasteiger partial charge in [-0.1, -0.05) is 89.3 Å². The molecular formula is C27H39NO. The van der Waals surface area contributed by atoms with Gasteiger partial charge in [0.15, 0.2) is 5.43 Å². The summed E-state index contributed by atoms with van der Waals surface area (Å²) in [6.07, 6.45) is 23.2. The van der Waals surface area contributed by atoms with Crippen LogP contribution in [0.15, 0.2) is 41.2 Å². The number of hydrogen-bond donors (Lipinski definition) is 0. The van der Waals surface area contributed by atoms with Crippen molar-refractivity contribution in [3.8, 4) is 0 Å². The van der Waals surface area contributed by atoms with Crippen molar-refractivity contribution in [2.24, 2.45) is 0 Å². The van der Waals surface area contributed by atoms with Crippen molar-refractivity contribution in [3.05, 3.63) is 52.3 Å². The van der Waals surface area contributed by atoms with Gasteiger partial charge in [-0.3, -0.25) is 4.79 Å². The Kier molecular flexibility index (Phi) is 9.05. The Balaban J connectivity index is 1.38. The summed E-state index contributed by atoms with van der Waals surface area (Å²) in [4.78, 5) is 12.5. The minimum Gasteiger partial charge on any atom is -0.338 e. The van der Waals surface area contributed by atoms with E-state index in [1.165, 1.54) is 83.5 Å². The molecule has 3 rings (SSSR count). The lowest BCUT2D eigenvalue weighted by Gasteiger charge is -2.14. The molecule has 158 valence electrons. The van der Waals surface area contributed by atoms with Gasteiger partial charge in [-0.05, 0) is 43.9 Å². The fourth-order valence-electron chi connectivity index (χ4n) is 4.31. The maximum Gasteiger partial charge on any atom is 0.190 e. The minimum absolute atomic E-state index is 0.145. The molecule has 2 nitrogen and oxygen atoms in total. The molecule has 1 aliphatic rings. The van der Waals surface area contributed by atoms with Crippen LogP contribution in [-0.4, -0.2) is 4.57 Å². The van der Waals surface area contributed by atoms with E-state index in [9.17, 15) is 4.79 Å². The summed E-state index contributed by atoms with van der Waals surface area (Å²) in [5.41, 5.74) is 2.32. The van der Waals surface area contributed by atoms with Crippen LogP contribution in [0.3, 0.4) is 0 Å². The quantitative estimate of drug-likeness (QED) is 0.298. The SMILES string of the molecule is CCCCCCCCCCCCC/C=C/c1cc(=O)c2ccccc2n1C1CC1. The smallest absolute Gasteiger partial charge is 0.190 e. The molecule has 1 saturated carbocycles. The van der Waals surface area contributed by atoms with Crippen LogP contribution in [0, 0.1) is 0 Å². The predicted molar refractivity (Wildman–Crippen MR) is 127 cm³/mol. The van der Waals surface area contributed by atoms with E-state index in [4.69, 9.17) is 0 Å². The molecule has 2 heteroatoms. The zero-order chi connectivity index (χ0) is 20.3. The molecule has 0 unspecified atom stereocenters. The standard InChI is InChI=1S/C27H39NO/c1-2-3-4-5-6-7-8-9-10-11-12-13-14-17-24-22-27(29)25-18-15-16-19-26(25)28(24)23-20-21-23/h14-19,22-23H,2-13,20-21H2,1H3/b17-14+. The Bertz CT molecular complexity index is 828. The maximum atomic E-state index is 12.5. The molecule has 0 saturated heterocycles. The van der Waals surface area contributed by atoms with E-state index in [1.54, 1.807) is 0 Å². The van der Waals surface area contributed by atoms with E-state index in [0.717, 1.165) is 23.0 Å². The maximum absolute atomic E-state index is 12.5. The molecule has 0 atom stereocenters. The van der Waals surface area contributed by atoms with E-state index < -0.39 is 0 Å². The molecule has 0 radical (unpaired) electrons. The average molecular weight is 394 g/mol. The summed E-state index contributed by atoms with van der Waals surface area (Å²) in [5, 5.41) is 0.849. The molecule has 29 heavy (non-hydrogen) atoms. The molecule has 0 amide bonds. The highest BCUT2D eigenvalue weighted by Gasteiger charge is 2.26. The van der Waals surface area contributed by atoms with Crippen LogP contribution in [0.1, 0.15) is 109 Å². The third-order valence-electron chi connectivity index (χ3n) is 6.16. The number of unbranched alkanes of at least 4 members (excludes halogenated alkanes) is 11. The summed E-state index contributed by atoms with van der Waals surface area (Å²) in [6, 6.07) is 10.5. The van der Waals surface area contributed by atoms with Crippen LogP contribution in [0.2, 0.25) is 0 Å². The summed E-state index contributed by atoms with van der Waals surface area (Å²) >= 11 is 0. The lowest BCUT2D eigenvalue weighted by atomic mass is 10.1. The van der Waals surface area contributed by atoms with E-state index in [1.807, 2.05) is 24.3 Å². The number of fused-ring (bicyclic) bond motifs is 1. The Hall–Kier alpha value is -1.83. The van der Waals surface area contributed by atoms with Crippen LogP contribution in [0.25, 0.3) is 17.0 Å². The van der Waals surface area contributed by atoms with E-state index in [2.05, 4.69) is 29.7 Å². The van der Waals surface area contributed by atoms with Gasteiger partial charge in [-0.2, -0.15) is 0 Å². The van der Waals surface area contributed by atoms with Gasteiger partial charge >= 0.3 is 0 Å². The monoisotopic (exact) mass is 393 g/mol. The van der Waals surface area contributed by atoms with Crippen molar-refractivity contribution in [2.45, 2.75) is 103 Å². The lowest BCUT2D eigenvalue weighted by molar-refractivity contribution is 0.550. The van der Waals surface area contributed by atoms with Crippen molar-refractivity contribution in [1.82, 2.24) is 4.57 Å². The Morgan fingerprint density at radius 1 is 0.897 bits per heavy atom. The molecule has 1 fully saturated rings. The minimum atomic E-state index is 0.145. The predicted octanol–water partition coefficient (Wildman–Crippen LogP) is 8.05. The number of hydrogen-bond acceptors (Lipinski definition) is 1. The van der Waals surface area contributed by atoms with Crippen LogP contribution < -0.4 is 5.43 Å². The molecule has 1 aromatic heterocycles. The Morgan fingerprint density at radius 2 is 1.52 bits per heavy atom. The fraction of sp³-hybridized carbons (Fsp3) is 0.593. The molecule has 0 bridgehead atoms. The van der Waals surface area contributed by atoms with Crippen LogP contribution in [-0.2, 0) is 0 Å². The fourth-order valence-corrected chi connectivity index (χ4v) is 4.31. The molecule has 2 aromatic rings. The molecule has 0 aliphatic heterocycles. The first kappa shape index (κ1) is 21.9. The first-order chi connectivity index (χ1) is 14.3. The van der Waals surface area contributed by atoms with Gasteiger partial charge in [0.1, 0.15) is 0 Å². The molecule has 1 aromatic carbocycles. The van der Waals surface area contributed by atoms with E-state index in [0.29, 0.717) is 6.04 Å². The van der Waals surface area contributed by atoms with Crippen LogP contribution in [0.5, 0.6) is 0 Å². The van der Waals surface area contributed by atoms with Gasteiger partial charge in [0.05, 0.1) is 5.52 Å². The highest BCUT2D eigenvalue weighted by atomic mass is 16.1. The van der Waals surface area contributed by atoms with Crippen molar-refractivity contribution >= 4 is 17.0 Å². The topological polar surface area (TPSA) is 22.0 Å². The number of rotatable bonds is 14. The summed E-state index contributed by atoms with van der Waals surface area (Å²) < 4.78 is 2.38. The van der Waals surface area contributed by atoms with E-state index >= 15 is 0 Å².